The molecule has 1 unspecified atom stereocenters. The first kappa shape index (κ1) is 7.94. The summed E-state index contributed by atoms with van der Waals surface area (Å²) in [4.78, 5) is 0. The molecular formula is C10H12N4. The second-order valence-electron chi connectivity index (χ2n) is 3.67. The second kappa shape index (κ2) is 3.06. The van der Waals surface area contributed by atoms with E-state index in [0.717, 1.165) is 30.5 Å². The van der Waals surface area contributed by atoms with Crippen molar-refractivity contribution < 1.29 is 0 Å². The third kappa shape index (κ3) is 1.11. The van der Waals surface area contributed by atoms with E-state index >= 15 is 0 Å². The molecule has 1 fully saturated rings. The molecule has 4 heteroatoms. The van der Waals surface area contributed by atoms with Crippen LogP contribution in [0.15, 0.2) is 24.3 Å². The maximum Gasteiger partial charge on any atom is 0.113 e. The van der Waals surface area contributed by atoms with E-state index in [-0.39, 0.29) is 0 Å². The van der Waals surface area contributed by atoms with Gasteiger partial charge in [0.1, 0.15) is 5.52 Å². The Morgan fingerprint density at radius 2 is 2.29 bits per heavy atom. The van der Waals surface area contributed by atoms with Crippen LogP contribution in [-0.4, -0.2) is 28.1 Å². The highest BCUT2D eigenvalue weighted by molar-refractivity contribution is 5.73. The average molecular weight is 188 g/mol. The predicted octanol–water partition coefficient (Wildman–Crippen LogP) is 0.966. The summed E-state index contributed by atoms with van der Waals surface area (Å²) >= 11 is 0. The van der Waals surface area contributed by atoms with E-state index in [1.807, 2.05) is 22.9 Å². The summed E-state index contributed by atoms with van der Waals surface area (Å²) in [7, 11) is 0. The van der Waals surface area contributed by atoms with Gasteiger partial charge in [-0.25, -0.2) is 4.68 Å². The molecule has 1 atom stereocenters. The molecule has 0 amide bonds. The lowest BCUT2D eigenvalue weighted by atomic mass is 10.2. The molecule has 14 heavy (non-hydrogen) atoms. The molecule has 2 heterocycles. The van der Waals surface area contributed by atoms with Crippen LogP contribution in [-0.2, 0) is 0 Å². The Morgan fingerprint density at radius 1 is 1.36 bits per heavy atom. The summed E-state index contributed by atoms with van der Waals surface area (Å²) in [5.74, 6) is 0. The summed E-state index contributed by atoms with van der Waals surface area (Å²) in [6, 6.07) is 8.58. The zero-order valence-corrected chi connectivity index (χ0v) is 7.85. The van der Waals surface area contributed by atoms with E-state index in [2.05, 4.69) is 21.7 Å². The Bertz CT molecular complexity index is 442. The Labute approximate surface area is 81.9 Å². The van der Waals surface area contributed by atoms with Gasteiger partial charge < -0.3 is 5.32 Å². The van der Waals surface area contributed by atoms with Crippen LogP contribution in [0.5, 0.6) is 0 Å². The quantitative estimate of drug-likeness (QED) is 0.725. The van der Waals surface area contributed by atoms with Gasteiger partial charge in [-0.15, -0.1) is 5.10 Å². The molecule has 1 aromatic heterocycles. The Hall–Kier alpha value is -1.42. The van der Waals surface area contributed by atoms with E-state index in [1.54, 1.807) is 0 Å². The zero-order chi connectivity index (χ0) is 9.38. The minimum Gasteiger partial charge on any atom is -0.315 e. The van der Waals surface area contributed by atoms with E-state index in [9.17, 15) is 0 Å². The number of rotatable bonds is 1. The van der Waals surface area contributed by atoms with Gasteiger partial charge in [-0.05, 0) is 25.1 Å². The van der Waals surface area contributed by atoms with Crippen molar-refractivity contribution in [2.75, 3.05) is 13.1 Å². The molecule has 0 spiro atoms. The molecule has 72 valence electrons. The normalized spacial score (nSPS) is 21.9. The number of para-hydroxylation sites is 1. The smallest absolute Gasteiger partial charge is 0.113 e. The van der Waals surface area contributed by atoms with E-state index in [4.69, 9.17) is 0 Å². The van der Waals surface area contributed by atoms with Crippen LogP contribution < -0.4 is 5.32 Å². The molecule has 1 aromatic carbocycles. The fraction of sp³-hybridized carbons (Fsp3) is 0.400. The van der Waals surface area contributed by atoms with Crippen molar-refractivity contribution in [2.45, 2.75) is 12.5 Å². The number of nitrogens with zero attached hydrogens (tertiary/aromatic N) is 3. The van der Waals surface area contributed by atoms with Gasteiger partial charge in [0.05, 0.1) is 11.6 Å². The molecule has 0 radical (unpaired) electrons. The van der Waals surface area contributed by atoms with Crippen molar-refractivity contribution >= 4 is 11.0 Å². The third-order valence-corrected chi connectivity index (χ3v) is 2.76. The SMILES string of the molecule is c1ccc2c(c1)nnn2C1CCNC1. The van der Waals surface area contributed by atoms with Crippen LogP contribution in [0.4, 0.5) is 0 Å². The van der Waals surface area contributed by atoms with E-state index in [0.29, 0.717) is 6.04 Å². The molecule has 4 nitrogen and oxygen atoms in total. The van der Waals surface area contributed by atoms with Crippen LogP contribution in [0.1, 0.15) is 12.5 Å². The number of fused-ring (bicyclic) bond motifs is 1. The van der Waals surface area contributed by atoms with Crippen LogP contribution in [0, 0.1) is 0 Å². The number of hydrogen-bond donors (Lipinski definition) is 1. The lowest BCUT2D eigenvalue weighted by molar-refractivity contribution is 0.490. The Morgan fingerprint density at radius 3 is 3.14 bits per heavy atom. The molecule has 2 aromatic rings. The van der Waals surface area contributed by atoms with Crippen molar-refractivity contribution in [3.05, 3.63) is 24.3 Å². The molecule has 3 rings (SSSR count). The summed E-state index contributed by atoms with van der Waals surface area (Å²) in [6.45, 7) is 2.09. The van der Waals surface area contributed by atoms with Gasteiger partial charge in [0.2, 0.25) is 0 Å². The van der Waals surface area contributed by atoms with Crippen molar-refractivity contribution in [2.24, 2.45) is 0 Å². The fourth-order valence-electron chi connectivity index (χ4n) is 2.00. The topological polar surface area (TPSA) is 42.7 Å². The fourth-order valence-corrected chi connectivity index (χ4v) is 2.00. The van der Waals surface area contributed by atoms with Gasteiger partial charge in [0.25, 0.3) is 0 Å². The van der Waals surface area contributed by atoms with Crippen molar-refractivity contribution in [1.29, 1.82) is 0 Å². The highest BCUT2D eigenvalue weighted by Gasteiger charge is 2.19. The van der Waals surface area contributed by atoms with Crippen molar-refractivity contribution in [1.82, 2.24) is 20.3 Å². The Balaban J connectivity index is 2.11. The molecule has 1 N–H and O–H groups in total. The van der Waals surface area contributed by atoms with Gasteiger partial charge in [0, 0.05) is 6.54 Å². The molecule has 1 aliphatic heterocycles. The van der Waals surface area contributed by atoms with E-state index in [1.165, 1.54) is 0 Å². The Kier molecular flexibility index (Phi) is 1.73. The first-order valence-electron chi connectivity index (χ1n) is 4.96. The second-order valence-corrected chi connectivity index (χ2v) is 3.67. The number of hydrogen-bond acceptors (Lipinski definition) is 3. The number of nitrogens with one attached hydrogen (secondary N) is 1. The van der Waals surface area contributed by atoms with Crippen LogP contribution >= 0.6 is 0 Å². The number of benzene rings is 1. The van der Waals surface area contributed by atoms with Crippen molar-refractivity contribution in [3.63, 3.8) is 0 Å². The molecule has 1 saturated heterocycles. The average Bonchev–Trinajstić information content (AvgIpc) is 2.85. The van der Waals surface area contributed by atoms with Gasteiger partial charge in [0.15, 0.2) is 0 Å². The third-order valence-electron chi connectivity index (χ3n) is 2.76. The van der Waals surface area contributed by atoms with Crippen LogP contribution in [0.3, 0.4) is 0 Å². The maximum absolute atomic E-state index is 4.20. The largest absolute Gasteiger partial charge is 0.315 e. The van der Waals surface area contributed by atoms with Crippen LogP contribution in [0.25, 0.3) is 11.0 Å². The minimum atomic E-state index is 0.474. The van der Waals surface area contributed by atoms with Gasteiger partial charge in [-0.3, -0.25) is 0 Å². The monoisotopic (exact) mass is 188 g/mol. The summed E-state index contributed by atoms with van der Waals surface area (Å²) in [5, 5.41) is 11.7. The zero-order valence-electron chi connectivity index (χ0n) is 7.85. The van der Waals surface area contributed by atoms with Crippen molar-refractivity contribution in [3.8, 4) is 0 Å². The molecule has 0 aliphatic carbocycles. The van der Waals surface area contributed by atoms with Gasteiger partial charge >= 0.3 is 0 Å². The highest BCUT2D eigenvalue weighted by atomic mass is 15.4. The summed E-state index contributed by atoms with van der Waals surface area (Å²) in [5.41, 5.74) is 2.13. The first-order chi connectivity index (χ1) is 6.95. The van der Waals surface area contributed by atoms with E-state index < -0.39 is 0 Å². The van der Waals surface area contributed by atoms with Crippen LogP contribution in [0.2, 0.25) is 0 Å². The molecule has 1 aliphatic rings. The summed E-state index contributed by atoms with van der Waals surface area (Å²) in [6.07, 6.45) is 1.15. The standard InChI is InChI=1S/C10H12N4/c1-2-4-10-9(3-1)12-13-14(10)8-5-6-11-7-8/h1-4,8,11H,5-7H2. The maximum atomic E-state index is 4.20. The number of aromatic nitrogens is 3. The lowest BCUT2D eigenvalue weighted by Gasteiger charge is -2.08. The molecular weight excluding hydrogens is 176 g/mol. The lowest BCUT2D eigenvalue weighted by Crippen LogP contribution is -2.14. The minimum absolute atomic E-state index is 0.474. The highest BCUT2D eigenvalue weighted by Crippen LogP contribution is 2.19. The summed E-state index contributed by atoms with van der Waals surface area (Å²) < 4.78 is 2.04. The first-order valence-corrected chi connectivity index (χ1v) is 4.96. The molecule has 0 saturated carbocycles. The predicted molar refractivity (Wildman–Crippen MR) is 54.1 cm³/mol. The van der Waals surface area contributed by atoms with Gasteiger partial charge in [-0.1, -0.05) is 17.3 Å². The van der Waals surface area contributed by atoms with Gasteiger partial charge in [-0.2, -0.15) is 0 Å². The molecule has 0 bridgehead atoms.